The van der Waals surface area contributed by atoms with E-state index in [1.165, 1.54) is 24.1 Å². The third-order valence-corrected chi connectivity index (χ3v) is 7.76. The smallest absolute Gasteiger partial charge is 0.126 e. The molecule has 1 aromatic heterocycles. The van der Waals surface area contributed by atoms with Crippen molar-refractivity contribution in [1.29, 1.82) is 0 Å². The first-order chi connectivity index (χ1) is 13.3. The number of nitrogens with two attached hydrogens (primary N) is 1. The molecule has 1 aromatic carbocycles. The van der Waals surface area contributed by atoms with Crippen molar-refractivity contribution in [3.8, 4) is 0 Å². The minimum absolute atomic E-state index is 0.203. The molecule has 3 nitrogen and oxygen atoms in total. The molecule has 154 valence electrons. The molecule has 1 aliphatic carbocycles. The molecule has 0 saturated heterocycles. The fourth-order valence-electron chi connectivity index (χ4n) is 3.95. The zero-order valence-electron chi connectivity index (χ0n) is 15.4. The van der Waals surface area contributed by atoms with Crippen molar-refractivity contribution in [3.05, 3.63) is 54.6 Å². The molecule has 1 saturated carbocycles. The van der Waals surface area contributed by atoms with Crippen LogP contribution < -0.4 is 11.1 Å². The maximum atomic E-state index is 13.4. The van der Waals surface area contributed by atoms with Gasteiger partial charge in [-0.3, -0.25) is 0 Å². The highest BCUT2D eigenvalue weighted by Crippen LogP contribution is 2.44. The molecule has 0 bridgehead atoms. The molecule has 1 fully saturated rings. The summed E-state index contributed by atoms with van der Waals surface area (Å²) in [5, 5.41) is 14.2. The summed E-state index contributed by atoms with van der Waals surface area (Å²) < 4.78 is 28.9. The monoisotopic (exact) mass is 536 g/mol. The molecular weight excluding hydrogens is 514 g/mol. The van der Waals surface area contributed by atoms with Crippen molar-refractivity contribution < 1.29 is 13.9 Å². The second-order valence-electron chi connectivity index (χ2n) is 7.47. The van der Waals surface area contributed by atoms with E-state index in [2.05, 4.69) is 43.2 Å². The van der Waals surface area contributed by atoms with E-state index in [1.54, 1.807) is 11.3 Å². The highest BCUT2D eigenvalue weighted by molar-refractivity contribution is 9.12. The molecule has 1 aliphatic rings. The van der Waals surface area contributed by atoms with Crippen LogP contribution in [0.2, 0.25) is 0 Å². The van der Waals surface area contributed by atoms with Crippen LogP contribution in [0.5, 0.6) is 0 Å². The Morgan fingerprint density at radius 1 is 1.11 bits per heavy atom. The number of benzene rings is 1. The SMILES string of the molecule is N[C@@H](Cc1cc(F)cc(F)c1)[C@H](O)CNC1(c2cc(Br)sc2Br)CCCCC1. The van der Waals surface area contributed by atoms with Gasteiger partial charge < -0.3 is 16.2 Å². The van der Waals surface area contributed by atoms with Crippen LogP contribution in [-0.2, 0) is 12.0 Å². The summed E-state index contributed by atoms with van der Waals surface area (Å²) in [6, 6.07) is 4.86. The molecule has 0 spiro atoms. The first kappa shape index (κ1) is 22.3. The first-order valence-electron chi connectivity index (χ1n) is 9.38. The second kappa shape index (κ2) is 9.62. The minimum atomic E-state index is -0.828. The molecule has 2 aromatic rings. The van der Waals surface area contributed by atoms with Crippen molar-refractivity contribution in [2.75, 3.05) is 6.54 Å². The van der Waals surface area contributed by atoms with Crippen molar-refractivity contribution in [2.45, 2.75) is 56.2 Å². The number of aliphatic hydroxyl groups excluding tert-OH is 1. The van der Waals surface area contributed by atoms with E-state index in [0.717, 1.165) is 39.3 Å². The van der Waals surface area contributed by atoms with Crippen molar-refractivity contribution in [2.24, 2.45) is 5.73 Å². The lowest BCUT2D eigenvalue weighted by Crippen LogP contribution is -2.51. The van der Waals surface area contributed by atoms with Gasteiger partial charge in [-0.25, -0.2) is 8.78 Å². The molecule has 3 rings (SSSR count). The van der Waals surface area contributed by atoms with Gasteiger partial charge in [-0.05, 0) is 80.4 Å². The van der Waals surface area contributed by atoms with E-state index < -0.39 is 23.8 Å². The summed E-state index contributed by atoms with van der Waals surface area (Å²) in [7, 11) is 0. The average Bonchev–Trinajstić information content (AvgIpc) is 2.98. The predicted octanol–water partition coefficient (Wildman–Crippen LogP) is 5.23. The van der Waals surface area contributed by atoms with E-state index in [1.807, 2.05) is 0 Å². The number of aliphatic hydroxyl groups is 1. The van der Waals surface area contributed by atoms with Gasteiger partial charge in [0.15, 0.2) is 0 Å². The van der Waals surface area contributed by atoms with Crippen LogP contribution in [0.25, 0.3) is 0 Å². The molecule has 28 heavy (non-hydrogen) atoms. The quantitative estimate of drug-likeness (QED) is 0.453. The van der Waals surface area contributed by atoms with Gasteiger partial charge in [-0.15, -0.1) is 11.3 Å². The lowest BCUT2D eigenvalue weighted by Gasteiger charge is -2.39. The second-order valence-corrected chi connectivity index (χ2v) is 11.2. The van der Waals surface area contributed by atoms with E-state index in [-0.39, 0.29) is 12.0 Å². The van der Waals surface area contributed by atoms with Gasteiger partial charge in [-0.2, -0.15) is 0 Å². The standard InChI is InChI=1S/C20H24Br2F2N2OS/c21-18-10-15(19(22)28-18)20(4-2-1-3-5-20)26-11-17(27)16(25)8-12-6-13(23)9-14(24)7-12/h6-7,9-10,16-17,26-27H,1-5,8,11,25H2/t16-,17+/m0/s1. The lowest BCUT2D eigenvalue weighted by molar-refractivity contribution is 0.116. The lowest BCUT2D eigenvalue weighted by atomic mass is 9.77. The minimum Gasteiger partial charge on any atom is -0.390 e. The van der Waals surface area contributed by atoms with Crippen molar-refractivity contribution >= 4 is 43.2 Å². The maximum Gasteiger partial charge on any atom is 0.126 e. The Balaban J connectivity index is 1.68. The molecule has 2 atom stereocenters. The number of hydrogen-bond acceptors (Lipinski definition) is 4. The number of thiophene rings is 1. The largest absolute Gasteiger partial charge is 0.390 e. The number of hydrogen-bond donors (Lipinski definition) is 3. The molecule has 0 radical (unpaired) electrons. The Labute approximate surface area is 185 Å². The number of rotatable bonds is 7. The fraction of sp³-hybridized carbons (Fsp3) is 0.500. The topological polar surface area (TPSA) is 58.3 Å². The zero-order chi connectivity index (χ0) is 20.3. The van der Waals surface area contributed by atoms with E-state index in [9.17, 15) is 13.9 Å². The first-order valence-corrected chi connectivity index (χ1v) is 11.8. The molecular formula is C20H24Br2F2N2OS. The summed E-state index contributed by atoms with van der Waals surface area (Å²) in [5.74, 6) is -1.27. The summed E-state index contributed by atoms with van der Waals surface area (Å²) in [6.45, 7) is 0.318. The molecule has 0 aliphatic heterocycles. The van der Waals surface area contributed by atoms with Gasteiger partial charge in [0.1, 0.15) is 11.6 Å². The normalized spacial score (nSPS) is 18.8. The predicted molar refractivity (Wildman–Crippen MR) is 117 cm³/mol. The van der Waals surface area contributed by atoms with Gasteiger partial charge in [-0.1, -0.05) is 19.3 Å². The van der Waals surface area contributed by atoms with Gasteiger partial charge in [0.25, 0.3) is 0 Å². The Bertz CT molecular complexity index is 791. The Kier molecular flexibility index (Phi) is 7.66. The Hall–Kier alpha value is -0.380. The number of halogens is 4. The highest BCUT2D eigenvalue weighted by Gasteiger charge is 2.36. The summed E-state index contributed by atoms with van der Waals surface area (Å²) in [5.41, 5.74) is 7.58. The molecule has 0 unspecified atom stereocenters. The van der Waals surface area contributed by atoms with Crippen molar-refractivity contribution in [1.82, 2.24) is 5.32 Å². The van der Waals surface area contributed by atoms with Crippen LogP contribution >= 0.6 is 43.2 Å². The molecule has 0 amide bonds. The summed E-state index contributed by atoms with van der Waals surface area (Å²) in [4.78, 5) is 0. The van der Waals surface area contributed by atoms with Crippen LogP contribution in [-0.4, -0.2) is 23.8 Å². The molecule has 4 N–H and O–H groups in total. The van der Waals surface area contributed by atoms with Gasteiger partial charge in [0.2, 0.25) is 0 Å². The van der Waals surface area contributed by atoms with E-state index in [4.69, 9.17) is 5.73 Å². The molecule has 1 heterocycles. The third kappa shape index (κ3) is 5.40. The van der Waals surface area contributed by atoms with Crippen molar-refractivity contribution in [3.63, 3.8) is 0 Å². The van der Waals surface area contributed by atoms with Gasteiger partial charge in [0.05, 0.1) is 13.7 Å². The highest BCUT2D eigenvalue weighted by atomic mass is 79.9. The average molecular weight is 538 g/mol. The Morgan fingerprint density at radius 3 is 2.32 bits per heavy atom. The molecule has 8 heteroatoms. The van der Waals surface area contributed by atoms with Gasteiger partial charge in [0, 0.05) is 24.2 Å². The van der Waals surface area contributed by atoms with Crippen LogP contribution in [0.1, 0.15) is 43.2 Å². The van der Waals surface area contributed by atoms with E-state index >= 15 is 0 Å². The summed E-state index contributed by atoms with van der Waals surface area (Å²) >= 11 is 8.87. The third-order valence-electron chi connectivity index (χ3n) is 5.42. The maximum absolute atomic E-state index is 13.4. The summed E-state index contributed by atoms with van der Waals surface area (Å²) in [6.07, 6.45) is 4.82. The van der Waals surface area contributed by atoms with Crippen LogP contribution in [0, 0.1) is 11.6 Å². The van der Waals surface area contributed by atoms with Crippen LogP contribution in [0.4, 0.5) is 8.78 Å². The zero-order valence-corrected chi connectivity index (χ0v) is 19.3. The van der Waals surface area contributed by atoms with Crippen LogP contribution in [0.15, 0.2) is 31.8 Å². The van der Waals surface area contributed by atoms with E-state index in [0.29, 0.717) is 12.1 Å². The van der Waals surface area contributed by atoms with Gasteiger partial charge >= 0.3 is 0 Å². The fourth-order valence-corrected chi connectivity index (χ4v) is 7.05. The van der Waals surface area contributed by atoms with Crippen LogP contribution in [0.3, 0.4) is 0 Å². The number of nitrogens with one attached hydrogen (secondary N) is 1. The Morgan fingerprint density at radius 2 is 1.75 bits per heavy atom.